The molecule has 0 radical (unpaired) electrons. The molecule has 0 spiro atoms. The Morgan fingerprint density at radius 3 is 3.16 bits per heavy atom. The maximum atomic E-state index is 11.7. The van der Waals surface area contributed by atoms with E-state index in [-0.39, 0.29) is 18.6 Å². The summed E-state index contributed by atoms with van der Waals surface area (Å²) in [6, 6.07) is 0. The van der Waals surface area contributed by atoms with Crippen LogP contribution in [0.5, 0.6) is 0 Å². The van der Waals surface area contributed by atoms with Gasteiger partial charge in [0.15, 0.2) is 0 Å². The van der Waals surface area contributed by atoms with Crippen molar-refractivity contribution in [1.82, 2.24) is 9.97 Å². The van der Waals surface area contributed by atoms with Crippen LogP contribution in [0, 0.1) is 3.70 Å². The third kappa shape index (κ3) is 2.34. The Hall–Kier alpha value is -1.49. The molecule has 0 saturated carbocycles. The van der Waals surface area contributed by atoms with Crippen LogP contribution in [0.2, 0.25) is 0 Å². The standard InChI is InChI=1S/C10H11IN5O3/c12-2-5-4-16(10(18)19-5)6-3-13-8-9(14-6)15-7(17)1-11-8/h3,5H,1-2,4,12H2,(H,14,15,17)/q-1. The number of anilines is 2. The predicted molar refractivity (Wildman–Crippen MR) is 60.9 cm³/mol. The molecule has 102 valence electrons. The zero-order valence-corrected chi connectivity index (χ0v) is 12.0. The minimum absolute atomic E-state index is 0.0458. The molecule has 0 aliphatic carbocycles. The number of carbonyl (C=O) groups is 2. The van der Waals surface area contributed by atoms with E-state index in [9.17, 15) is 9.59 Å². The van der Waals surface area contributed by atoms with Crippen molar-refractivity contribution in [1.29, 1.82) is 0 Å². The first kappa shape index (κ1) is 12.5. The van der Waals surface area contributed by atoms with Gasteiger partial charge in [-0.2, -0.15) is 0 Å². The second-order valence-electron chi connectivity index (χ2n) is 4.04. The van der Waals surface area contributed by atoms with Crippen LogP contribution in [0.15, 0.2) is 6.20 Å². The molecule has 0 aromatic carbocycles. The Morgan fingerprint density at radius 2 is 2.42 bits per heavy atom. The number of carbonyl (C=O) groups excluding carboxylic acids is 2. The van der Waals surface area contributed by atoms with Gasteiger partial charge in [-0.05, 0) is 0 Å². The zero-order chi connectivity index (χ0) is 13.4. The van der Waals surface area contributed by atoms with E-state index >= 15 is 0 Å². The van der Waals surface area contributed by atoms with Crippen LogP contribution in [0.25, 0.3) is 0 Å². The summed E-state index contributed by atoms with van der Waals surface area (Å²) >= 11 is -0.435. The molecule has 1 atom stereocenters. The molecule has 1 aromatic rings. The van der Waals surface area contributed by atoms with E-state index in [4.69, 9.17) is 10.5 Å². The molecule has 2 aliphatic rings. The molecule has 1 saturated heterocycles. The first-order chi connectivity index (χ1) is 9.17. The van der Waals surface area contributed by atoms with E-state index in [1.165, 1.54) is 11.1 Å². The summed E-state index contributed by atoms with van der Waals surface area (Å²) in [5, 5.41) is 2.68. The summed E-state index contributed by atoms with van der Waals surface area (Å²) in [4.78, 5) is 33.0. The van der Waals surface area contributed by atoms with Crippen molar-refractivity contribution in [2.45, 2.75) is 6.10 Å². The van der Waals surface area contributed by atoms with E-state index in [1.54, 1.807) is 0 Å². The number of nitrogens with zero attached hydrogens (tertiary/aromatic N) is 3. The molecular weight excluding hydrogens is 365 g/mol. The average Bonchev–Trinajstić information content (AvgIpc) is 2.79. The molecule has 8 nitrogen and oxygen atoms in total. The number of alkyl halides is 1. The van der Waals surface area contributed by atoms with Crippen molar-refractivity contribution in [3.8, 4) is 0 Å². The van der Waals surface area contributed by atoms with Gasteiger partial charge in [0.2, 0.25) is 0 Å². The van der Waals surface area contributed by atoms with Crippen LogP contribution in [-0.4, -0.2) is 45.6 Å². The summed E-state index contributed by atoms with van der Waals surface area (Å²) in [6.45, 7) is 0.620. The summed E-state index contributed by atoms with van der Waals surface area (Å²) in [6.07, 6.45) is 0.727. The van der Waals surface area contributed by atoms with Crippen molar-refractivity contribution >= 4 is 23.6 Å². The molecule has 1 fully saturated rings. The molecule has 3 heterocycles. The van der Waals surface area contributed by atoms with Crippen molar-refractivity contribution in [3.05, 3.63) is 9.90 Å². The van der Waals surface area contributed by atoms with Crippen LogP contribution in [-0.2, 0) is 9.53 Å². The maximum absolute atomic E-state index is 11.7. The van der Waals surface area contributed by atoms with E-state index in [0.717, 1.165) is 3.70 Å². The van der Waals surface area contributed by atoms with Gasteiger partial charge < -0.3 is 0 Å². The Balaban J connectivity index is 1.88. The van der Waals surface area contributed by atoms with E-state index in [0.29, 0.717) is 22.6 Å². The quantitative estimate of drug-likeness (QED) is 0.402. The number of rotatable bonds is 2. The van der Waals surface area contributed by atoms with Crippen LogP contribution in [0.3, 0.4) is 0 Å². The first-order valence-corrected chi connectivity index (χ1v) is 8.22. The number of hydrogen-bond donors (Lipinski definition) is 2. The van der Waals surface area contributed by atoms with Gasteiger partial charge in [0.25, 0.3) is 0 Å². The number of amides is 2. The molecular formula is C10H11IN5O3-. The number of nitrogens with one attached hydrogen (secondary N) is 1. The molecule has 1 unspecified atom stereocenters. The Labute approximate surface area is 119 Å². The number of nitrogens with two attached hydrogens (primary N) is 1. The summed E-state index contributed by atoms with van der Waals surface area (Å²) < 4.78 is 6.41. The van der Waals surface area contributed by atoms with E-state index < -0.39 is 27.3 Å². The molecule has 9 heteroatoms. The fraction of sp³-hybridized carbons (Fsp3) is 0.400. The number of halogens is 1. The van der Waals surface area contributed by atoms with Crippen molar-refractivity contribution in [2.75, 3.05) is 27.7 Å². The van der Waals surface area contributed by atoms with Crippen LogP contribution in [0.1, 0.15) is 0 Å². The fourth-order valence-electron chi connectivity index (χ4n) is 1.79. The fourth-order valence-corrected chi connectivity index (χ4v) is 3.64. The summed E-state index contributed by atoms with van der Waals surface area (Å²) in [5.41, 5.74) is 5.47. The SMILES string of the molecule is NCC1CN(c2cnc3c(n2)NC(=O)C[I-]3)C(=O)O1. The molecule has 1 aromatic heterocycles. The molecule has 3 N–H and O–H groups in total. The monoisotopic (exact) mass is 376 g/mol. The Kier molecular flexibility index (Phi) is 3.22. The minimum atomic E-state index is -0.485. The summed E-state index contributed by atoms with van der Waals surface area (Å²) in [5.74, 6) is 0.798. The van der Waals surface area contributed by atoms with E-state index in [2.05, 4.69) is 15.3 Å². The number of ether oxygens (including phenoxy) is 1. The molecule has 0 bridgehead atoms. The second kappa shape index (κ2) is 4.89. The average molecular weight is 376 g/mol. The van der Waals surface area contributed by atoms with Crippen molar-refractivity contribution in [2.24, 2.45) is 5.73 Å². The third-order valence-electron chi connectivity index (χ3n) is 2.70. The van der Waals surface area contributed by atoms with Gasteiger partial charge in [-0.25, -0.2) is 0 Å². The van der Waals surface area contributed by atoms with Crippen molar-refractivity contribution < 1.29 is 35.5 Å². The van der Waals surface area contributed by atoms with Crippen LogP contribution < -0.4 is 37.2 Å². The third-order valence-corrected chi connectivity index (χ3v) is 5.29. The van der Waals surface area contributed by atoms with Gasteiger partial charge in [-0.3, -0.25) is 0 Å². The van der Waals surface area contributed by atoms with Gasteiger partial charge in [-0.15, -0.1) is 0 Å². The molecule has 2 aliphatic heterocycles. The first-order valence-electron chi connectivity index (χ1n) is 5.61. The normalized spacial score (nSPS) is 22.4. The van der Waals surface area contributed by atoms with Gasteiger partial charge in [0.1, 0.15) is 0 Å². The van der Waals surface area contributed by atoms with Gasteiger partial charge in [0, 0.05) is 0 Å². The number of fused-ring (bicyclic) bond motifs is 1. The van der Waals surface area contributed by atoms with Crippen molar-refractivity contribution in [3.63, 3.8) is 0 Å². The number of hydrogen-bond acceptors (Lipinski definition) is 6. The zero-order valence-electron chi connectivity index (χ0n) is 9.80. The molecule has 19 heavy (non-hydrogen) atoms. The van der Waals surface area contributed by atoms with Crippen LogP contribution in [0.4, 0.5) is 16.4 Å². The molecule has 2 amide bonds. The van der Waals surface area contributed by atoms with E-state index in [1.807, 2.05) is 0 Å². The van der Waals surface area contributed by atoms with Gasteiger partial charge in [-0.1, -0.05) is 0 Å². The number of cyclic esters (lactones) is 1. The van der Waals surface area contributed by atoms with Gasteiger partial charge >= 0.3 is 119 Å². The predicted octanol–water partition coefficient (Wildman–Crippen LogP) is -4.03. The number of aromatic nitrogens is 2. The Bertz CT molecular complexity index is 552. The summed E-state index contributed by atoms with van der Waals surface area (Å²) in [7, 11) is 0. The van der Waals surface area contributed by atoms with Crippen LogP contribution >= 0.6 is 0 Å². The topological polar surface area (TPSA) is 110 Å². The second-order valence-corrected chi connectivity index (χ2v) is 6.58. The van der Waals surface area contributed by atoms with Gasteiger partial charge in [0.05, 0.1) is 0 Å². The Morgan fingerprint density at radius 1 is 1.58 bits per heavy atom. The molecule has 3 rings (SSSR count).